The first-order valence-corrected chi connectivity index (χ1v) is 16.0. The number of aliphatic hydroxyl groups is 1. The van der Waals surface area contributed by atoms with E-state index in [4.69, 9.17) is 29.0 Å². The Bertz CT molecular complexity index is 1680. The number of ether oxygens (including phenoxy) is 4. The summed E-state index contributed by atoms with van der Waals surface area (Å²) in [7, 11) is 0. The lowest BCUT2D eigenvalue weighted by Gasteiger charge is -2.31. The van der Waals surface area contributed by atoms with Gasteiger partial charge in [0.05, 0.1) is 6.61 Å². The third-order valence-corrected chi connectivity index (χ3v) is 8.85. The van der Waals surface area contributed by atoms with Crippen molar-refractivity contribution in [3.8, 4) is 17.2 Å². The number of benzene rings is 4. The summed E-state index contributed by atoms with van der Waals surface area (Å²) >= 11 is 7.19. The van der Waals surface area contributed by atoms with Crippen LogP contribution in [0, 0.1) is 0 Å². The maximum Gasteiger partial charge on any atom is 0.266 e. The zero-order chi connectivity index (χ0) is 31.2. The molecular formula is C34H31Br2N3O6. The first-order chi connectivity index (χ1) is 21.9. The molecule has 0 unspecified atom stereocenters. The Balaban J connectivity index is 1.34. The minimum atomic E-state index is -1.37. The van der Waals surface area contributed by atoms with Crippen molar-refractivity contribution in [2.45, 2.75) is 31.0 Å². The molecule has 0 aromatic heterocycles. The number of aliphatic imine (C=N–C) groups is 1. The number of rotatable bonds is 12. The second kappa shape index (κ2) is 14.0. The van der Waals surface area contributed by atoms with E-state index in [1.54, 1.807) is 0 Å². The van der Waals surface area contributed by atoms with E-state index in [9.17, 15) is 4.79 Å². The van der Waals surface area contributed by atoms with Crippen LogP contribution in [0.3, 0.4) is 0 Å². The van der Waals surface area contributed by atoms with Gasteiger partial charge in [0, 0.05) is 40.5 Å². The molecule has 2 aliphatic heterocycles. The van der Waals surface area contributed by atoms with E-state index in [-0.39, 0.29) is 25.7 Å². The topological polar surface area (TPSA) is 111 Å². The van der Waals surface area contributed by atoms with Crippen molar-refractivity contribution in [1.29, 1.82) is 0 Å². The molecule has 6 rings (SSSR count). The van der Waals surface area contributed by atoms with Crippen molar-refractivity contribution in [1.82, 2.24) is 10.9 Å². The van der Waals surface area contributed by atoms with Crippen molar-refractivity contribution in [2.75, 3.05) is 20.0 Å². The number of aliphatic hydroxyl groups excluding tert-OH is 1. The van der Waals surface area contributed by atoms with Gasteiger partial charge in [0.1, 0.15) is 5.75 Å². The monoisotopic (exact) mass is 735 g/mol. The smallest absolute Gasteiger partial charge is 0.266 e. The van der Waals surface area contributed by atoms with Crippen LogP contribution in [0.2, 0.25) is 0 Å². The highest BCUT2D eigenvalue weighted by molar-refractivity contribution is 9.10. The molecular weight excluding hydrogens is 706 g/mol. The molecule has 0 saturated heterocycles. The summed E-state index contributed by atoms with van der Waals surface area (Å²) in [6.07, 6.45) is 0.0703. The molecule has 2 atom stereocenters. The van der Waals surface area contributed by atoms with Crippen LogP contribution < -0.4 is 25.1 Å². The van der Waals surface area contributed by atoms with Crippen molar-refractivity contribution < 1.29 is 28.8 Å². The van der Waals surface area contributed by atoms with Crippen LogP contribution in [-0.4, -0.2) is 42.5 Å². The largest absolute Gasteiger partial charge is 0.494 e. The second-order valence-electron chi connectivity index (χ2n) is 10.6. The molecule has 232 valence electrons. The van der Waals surface area contributed by atoms with Gasteiger partial charge in [0.15, 0.2) is 23.1 Å². The first-order valence-electron chi connectivity index (χ1n) is 14.5. The lowest BCUT2D eigenvalue weighted by Crippen LogP contribution is -2.53. The van der Waals surface area contributed by atoms with E-state index >= 15 is 0 Å². The number of halogens is 2. The maximum absolute atomic E-state index is 14.4. The number of carbonyl (C=O) groups excluding carboxylic acids is 1. The molecule has 45 heavy (non-hydrogen) atoms. The average Bonchev–Trinajstić information content (AvgIpc) is 3.68. The van der Waals surface area contributed by atoms with Gasteiger partial charge in [-0.15, -0.1) is 0 Å². The van der Waals surface area contributed by atoms with Crippen molar-refractivity contribution in [3.05, 3.63) is 122 Å². The Morgan fingerprint density at radius 1 is 0.978 bits per heavy atom. The molecule has 0 spiro atoms. The highest BCUT2D eigenvalue weighted by atomic mass is 79.9. The number of amides is 1. The highest BCUT2D eigenvalue weighted by Gasteiger charge is 2.53. The van der Waals surface area contributed by atoms with Gasteiger partial charge >= 0.3 is 0 Å². The van der Waals surface area contributed by atoms with Crippen molar-refractivity contribution >= 4 is 43.7 Å². The maximum atomic E-state index is 14.4. The van der Waals surface area contributed by atoms with E-state index in [0.29, 0.717) is 48.3 Å². The molecule has 3 N–H and O–H groups in total. The summed E-state index contributed by atoms with van der Waals surface area (Å²) in [5, 5.41) is 9.06. The Morgan fingerprint density at radius 2 is 1.76 bits per heavy atom. The molecule has 4 aromatic rings. The van der Waals surface area contributed by atoms with Crippen LogP contribution in [0.4, 0.5) is 0 Å². The zero-order valence-corrected chi connectivity index (χ0v) is 27.3. The number of nitrogens with one attached hydrogen (secondary N) is 2. The van der Waals surface area contributed by atoms with Crippen LogP contribution >= 0.6 is 31.9 Å². The van der Waals surface area contributed by atoms with Gasteiger partial charge in [-0.2, -0.15) is 0 Å². The van der Waals surface area contributed by atoms with Crippen LogP contribution in [0.25, 0.3) is 0 Å². The summed E-state index contributed by atoms with van der Waals surface area (Å²) in [6, 6.07) is 28.5. The van der Waals surface area contributed by atoms with Gasteiger partial charge in [-0.05, 0) is 71.3 Å². The zero-order valence-electron chi connectivity index (χ0n) is 24.2. The van der Waals surface area contributed by atoms with E-state index in [1.165, 1.54) is 0 Å². The van der Waals surface area contributed by atoms with Gasteiger partial charge in [0.2, 0.25) is 12.7 Å². The SMILES string of the molecule is O=C(NNCc1ccc2c(c1)OCO2)[C@@]1(Cc2ccccc2Br)N=C(c2ccc(OCCCO)cc2)O[C@H]1c1ccc(Br)cc1. The van der Waals surface area contributed by atoms with Gasteiger partial charge in [0.25, 0.3) is 5.91 Å². The fourth-order valence-electron chi connectivity index (χ4n) is 5.24. The summed E-state index contributed by atoms with van der Waals surface area (Å²) in [5.74, 6) is 2.04. The molecule has 2 heterocycles. The summed E-state index contributed by atoms with van der Waals surface area (Å²) in [5.41, 5.74) is 7.98. The minimum Gasteiger partial charge on any atom is -0.494 e. The molecule has 0 radical (unpaired) electrons. The molecule has 9 nitrogen and oxygen atoms in total. The first kappa shape index (κ1) is 31.1. The van der Waals surface area contributed by atoms with Crippen molar-refractivity contribution in [3.63, 3.8) is 0 Å². The molecule has 11 heteroatoms. The number of hydrogen-bond donors (Lipinski definition) is 3. The van der Waals surface area contributed by atoms with Crippen LogP contribution in [0.5, 0.6) is 17.2 Å². The number of nitrogens with zero attached hydrogens (tertiary/aromatic N) is 1. The van der Waals surface area contributed by atoms with Gasteiger partial charge in [-0.3, -0.25) is 10.2 Å². The van der Waals surface area contributed by atoms with E-state index in [0.717, 1.165) is 25.6 Å². The molecule has 0 bridgehead atoms. The molecule has 1 amide bonds. The molecule has 4 aromatic carbocycles. The van der Waals surface area contributed by atoms with E-state index in [1.807, 2.05) is 91.0 Å². The summed E-state index contributed by atoms with van der Waals surface area (Å²) in [4.78, 5) is 19.5. The molecule has 0 saturated carbocycles. The van der Waals surface area contributed by atoms with Gasteiger partial charge < -0.3 is 24.1 Å². The van der Waals surface area contributed by atoms with Gasteiger partial charge in [-0.1, -0.05) is 68.3 Å². The fraction of sp³-hybridized carbons (Fsp3) is 0.235. The van der Waals surface area contributed by atoms with Crippen LogP contribution in [0.15, 0.2) is 105 Å². The van der Waals surface area contributed by atoms with Crippen LogP contribution in [0.1, 0.15) is 34.8 Å². The second-order valence-corrected chi connectivity index (χ2v) is 12.4. The third-order valence-electron chi connectivity index (χ3n) is 7.55. The highest BCUT2D eigenvalue weighted by Crippen LogP contribution is 2.43. The summed E-state index contributed by atoms with van der Waals surface area (Å²) < 4.78 is 25.0. The predicted octanol–water partition coefficient (Wildman–Crippen LogP) is 6.02. The summed E-state index contributed by atoms with van der Waals surface area (Å²) in [6.45, 7) is 1.02. The Kier molecular flexibility index (Phi) is 9.70. The van der Waals surface area contributed by atoms with E-state index < -0.39 is 11.6 Å². The number of fused-ring (bicyclic) bond motifs is 1. The Labute approximate surface area is 277 Å². The lowest BCUT2D eigenvalue weighted by atomic mass is 9.82. The average molecular weight is 737 g/mol. The lowest BCUT2D eigenvalue weighted by molar-refractivity contribution is -0.130. The quantitative estimate of drug-likeness (QED) is 0.121. The normalized spacial score (nSPS) is 18.3. The fourth-order valence-corrected chi connectivity index (χ4v) is 5.93. The third kappa shape index (κ3) is 7.01. The number of hydrogen-bond acceptors (Lipinski definition) is 8. The van der Waals surface area contributed by atoms with Crippen LogP contribution in [-0.2, 0) is 22.5 Å². The molecule has 0 aliphatic carbocycles. The minimum absolute atomic E-state index is 0.0629. The van der Waals surface area contributed by atoms with E-state index in [2.05, 4.69) is 42.7 Å². The Hall–Kier alpha value is -3.90. The molecule has 0 fully saturated rings. The Morgan fingerprint density at radius 3 is 2.53 bits per heavy atom. The predicted molar refractivity (Wildman–Crippen MR) is 176 cm³/mol. The number of carbonyl (C=O) groups is 1. The standard InChI is InChI=1S/C34H31Br2N3O6/c35-26-11-7-23(8-12-26)31-34(19-25-4-1-2-5-28(25)36,33(41)39-37-20-22-6-15-29-30(18-22)44-21-43-29)38-32(45-31)24-9-13-27(14-10-24)42-17-3-16-40/h1-2,4-15,18,31,37,40H,3,16-17,19-21H2,(H,39,41)/t31-,34-/m0/s1. The van der Waals surface area contributed by atoms with Crippen molar-refractivity contribution in [2.24, 2.45) is 4.99 Å². The number of hydrazine groups is 1. The van der Waals surface area contributed by atoms with Gasteiger partial charge in [-0.25, -0.2) is 10.4 Å². The molecule has 2 aliphatic rings.